The van der Waals surface area contributed by atoms with Crippen molar-refractivity contribution in [3.8, 4) is 0 Å². The summed E-state index contributed by atoms with van der Waals surface area (Å²) in [6, 6.07) is 8.00. The molecule has 1 atom stereocenters. The van der Waals surface area contributed by atoms with Gasteiger partial charge in [0.15, 0.2) is 0 Å². The molecule has 0 radical (unpaired) electrons. The number of nitrogens with one attached hydrogen (secondary N) is 1. The molecule has 130 valence electrons. The number of H-pyrrole nitrogens is 1. The molecule has 0 fully saturated rings. The standard InChI is InChI=1S/C19H24ClN3O.H2/c1-23(11-3-2-4-14-5-8-16(20)9-6-14)19(24)15-7-10-17-18(12-15)22-13-21-17;/h5-6,8-9,13,15H,2-4,7,10-12H2,1H3,(H,21,22);1H. The van der Waals surface area contributed by atoms with E-state index in [9.17, 15) is 4.79 Å². The van der Waals surface area contributed by atoms with E-state index in [1.54, 1.807) is 6.33 Å². The molecular weight excluding hydrogens is 322 g/mol. The smallest absolute Gasteiger partial charge is 0.225 e. The average Bonchev–Trinajstić information content (AvgIpc) is 3.07. The molecule has 1 aromatic carbocycles. The summed E-state index contributed by atoms with van der Waals surface area (Å²) in [5.74, 6) is 0.362. The molecule has 1 N–H and O–H groups in total. The van der Waals surface area contributed by atoms with Crippen LogP contribution in [-0.4, -0.2) is 34.4 Å². The second kappa shape index (κ2) is 7.84. The Labute approximate surface area is 149 Å². The number of unbranched alkanes of at least 4 members (excludes halogenated alkanes) is 1. The summed E-state index contributed by atoms with van der Waals surface area (Å²) in [7, 11) is 1.92. The van der Waals surface area contributed by atoms with E-state index in [-0.39, 0.29) is 13.3 Å². The number of aryl methyl sites for hydroxylation is 2. The second-order valence-electron chi connectivity index (χ2n) is 6.61. The highest BCUT2D eigenvalue weighted by Crippen LogP contribution is 2.24. The van der Waals surface area contributed by atoms with Crippen LogP contribution in [0.3, 0.4) is 0 Å². The van der Waals surface area contributed by atoms with E-state index in [0.29, 0.717) is 0 Å². The third-order valence-corrected chi connectivity index (χ3v) is 5.09. The number of aromatic amines is 1. The van der Waals surface area contributed by atoms with Gasteiger partial charge in [0, 0.05) is 38.1 Å². The zero-order valence-corrected chi connectivity index (χ0v) is 14.9. The van der Waals surface area contributed by atoms with E-state index in [1.807, 2.05) is 24.1 Å². The molecule has 1 amide bonds. The van der Waals surface area contributed by atoms with Gasteiger partial charge in [0.2, 0.25) is 5.91 Å². The van der Waals surface area contributed by atoms with Crippen LogP contribution in [0.1, 0.15) is 37.6 Å². The average molecular weight is 348 g/mol. The van der Waals surface area contributed by atoms with Gasteiger partial charge in [0.05, 0.1) is 12.0 Å². The molecule has 0 bridgehead atoms. The molecule has 1 unspecified atom stereocenters. The molecule has 1 aliphatic rings. The third kappa shape index (κ3) is 4.18. The van der Waals surface area contributed by atoms with Gasteiger partial charge in [0.25, 0.3) is 0 Å². The summed E-state index contributed by atoms with van der Waals surface area (Å²) in [4.78, 5) is 22.0. The zero-order valence-electron chi connectivity index (χ0n) is 14.1. The van der Waals surface area contributed by atoms with Crippen LogP contribution in [0.25, 0.3) is 0 Å². The Morgan fingerprint density at radius 2 is 2.17 bits per heavy atom. The number of hydrogen-bond acceptors (Lipinski definition) is 2. The van der Waals surface area contributed by atoms with Gasteiger partial charge in [-0.25, -0.2) is 4.98 Å². The lowest BCUT2D eigenvalue weighted by molar-refractivity contribution is -0.134. The fraction of sp³-hybridized carbons (Fsp3) is 0.474. The number of amides is 1. The molecular formula is C19H26ClN3O. The molecule has 1 heterocycles. The van der Waals surface area contributed by atoms with Crippen molar-refractivity contribution >= 4 is 17.5 Å². The number of halogens is 1. The monoisotopic (exact) mass is 347 g/mol. The lowest BCUT2D eigenvalue weighted by Crippen LogP contribution is -2.36. The van der Waals surface area contributed by atoms with Crippen molar-refractivity contribution in [2.75, 3.05) is 13.6 Å². The molecule has 0 spiro atoms. The Morgan fingerprint density at radius 1 is 1.38 bits per heavy atom. The van der Waals surface area contributed by atoms with Crippen LogP contribution in [0, 0.1) is 5.92 Å². The first-order valence-electron chi connectivity index (χ1n) is 8.64. The van der Waals surface area contributed by atoms with Crippen molar-refractivity contribution in [2.24, 2.45) is 5.92 Å². The van der Waals surface area contributed by atoms with Gasteiger partial charge in [-0.3, -0.25) is 4.79 Å². The highest BCUT2D eigenvalue weighted by atomic mass is 35.5. The van der Waals surface area contributed by atoms with E-state index in [0.717, 1.165) is 61.5 Å². The number of nitrogens with zero attached hydrogens (tertiary/aromatic N) is 2. The molecule has 2 aromatic rings. The van der Waals surface area contributed by atoms with Crippen molar-refractivity contribution < 1.29 is 6.22 Å². The van der Waals surface area contributed by atoms with E-state index < -0.39 is 0 Å². The Morgan fingerprint density at radius 3 is 2.96 bits per heavy atom. The minimum absolute atomic E-state index is 0. The number of benzene rings is 1. The molecule has 24 heavy (non-hydrogen) atoms. The first kappa shape index (κ1) is 17.0. The zero-order chi connectivity index (χ0) is 16.9. The van der Waals surface area contributed by atoms with Crippen molar-refractivity contribution in [3.63, 3.8) is 0 Å². The summed E-state index contributed by atoms with van der Waals surface area (Å²) in [6.07, 6.45) is 7.47. The number of rotatable bonds is 6. The number of aromatic nitrogens is 2. The second-order valence-corrected chi connectivity index (χ2v) is 7.05. The normalized spacial score (nSPS) is 16.7. The Kier molecular flexibility index (Phi) is 5.56. The van der Waals surface area contributed by atoms with E-state index in [4.69, 9.17) is 11.6 Å². The van der Waals surface area contributed by atoms with Crippen LogP contribution in [0.2, 0.25) is 5.02 Å². The minimum Gasteiger partial charge on any atom is -0.348 e. The van der Waals surface area contributed by atoms with Gasteiger partial charge < -0.3 is 9.88 Å². The molecule has 3 rings (SSSR count). The first-order valence-corrected chi connectivity index (χ1v) is 9.02. The number of imidazole rings is 1. The van der Waals surface area contributed by atoms with Gasteiger partial charge >= 0.3 is 0 Å². The van der Waals surface area contributed by atoms with Crippen LogP contribution in [-0.2, 0) is 24.1 Å². The Hall–Kier alpha value is -1.81. The Balaban J connectivity index is 0.00000225. The lowest BCUT2D eigenvalue weighted by atomic mass is 9.89. The van der Waals surface area contributed by atoms with Gasteiger partial charge in [-0.2, -0.15) is 0 Å². The summed E-state index contributed by atoms with van der Waals surface area (Å²) in [5, 5.41) is 0.775. The fourth-order valence-electron chi connectivity index (χ4n) is 3.36. The quantitative estimate of drug-likeness (QED) is 0.806. The maximum atomic E-state index is 12.6. The van der Waals surface area contributed by atoms with Crippen molar-refractivity contribution in [3.05, 3.63) is 52.6 Å². The first-order chi connectivity index (χ1) is 11.6. The SMILES string of the molecule is CN(CCCCc1ccc(Cl)cc1)C(=O)C1CCc2nc[nH]c2C1.[HH]. The predicted molar refractivity (Wildman–Crippen MR) is 98.2 cm³/mol. The topological polar surface area (TPSA) is 49.0 Å². The number of carbonyl (C=O) groups is 1. The summed E-state index contributed by atoms with van der Waals surface area (Å²) >= 11 is 5.90. The lowest BCUT2D eigenvalue weighted by Gasteiger charge is -2.26. The Bertz CT molecular complexity index is 686. The van der Waals surface area contributed by atoms with Crippen LogP contribution in [0.4, 0.5) is 0 Å². The van der Waals surface area contributed by atoms with Gasteiger partial charge in [-0.05, 0) is 49.8 Å². The van der Waals surface area contributed by atoms with Crippen molar-refractivity contribution in [2.45, 2.75) is 38.5 Å². The largest absolute Gasteiger partial charge is 0.348 e. The molecule has 4 nitrogen and oxygen atoms in total. The molecule has 0 saturated carbocycles. The van der Waals surface area contributed by atoms with Crippen molar-refractivity contribution in [1.82, 2.24) is 14.9 Å². The predicted octanol–water partition coefficient (Wildman–Crippen LogP) is 3.90. The number of fused-ring (bicyclic) bond motifs is 1. The maximum Gasteiger partial charge on any atom is 0.225 e. The van der Waals surface area contributed by atoms with E-state index in [2.05, 4.69) is 22.1 Å². The molecule has 0 saturated heterocycles. The third-order valence-electron chi connectivity index (χ3n) is 4.84. The van der Waals surface area contributed by atoms with Crippen LogP contribution >= 0.6 is 11.6 Å². The number of hydrogen-bond donors (Lipinski definition) is 1. The fourth-order valence-corrected chi connectivity index (χ4v) is 3.49. The van der Waals surface area contributed by atoms with Crippen LogP contribution < -0.4 is 0 Å². The van der Waals surface area contributed by atoms with E-state index >= 15 is 0 Å². The van der Waals surface area contributed by atoms with Gasteiger partial charge in [-0.15, -0.1) is 0 Å². The molecule has 1 aromatic heterocycles. The van der Waals surface area contributed by atoms with Crippen molar-refractivity contribution in [1.29, 1.82) is 0 Å². The summed E-state index contributed by atoms with van der Waals surface area (Å²) in [6.45, 7) is 0.818. The molecule has 0 aliphatic heterocycles. The maximum absolute atomic E-state index is 12.6. The molecule has 1 aliphatic carbocycles. The van der Waals surface area contributed by atoms with Crippen LogP contribution in [0.15, 0.2) is 30.6 Å². The highest BCUT2D eigenvalue weighted by Gasteiger charge is 2.27. The van der Waals surface area contributed by atoms with Gasteiger partial charge in [-0.1, -0.05) is 23.7 Å². The van der Waals surface area contributed by atoms with Crippen LogP contribution in [0.5, 0.6) is 0 Å². The molecule has 5 heteroatoms. The summed E-state index contributed by atoms with van der Waals surface area (Å²) < 4.78 is 0. The van der Waals surface area contributed by atoms with E-state index in [1.165, 1.54) is 5.56 Å². The summed E-state index contributed by atoms with van der Waals surface area (Å²) in [5.41, 5.74) is 3.56. The minimum atomic E-state index is 0. The van der Waals surface area contributed by atoms with Gasteiger partial charge in [0.1, 0.15) is 0 Å². The number of carbonyl (C=O) groups excluding carboxylic acids is 1. The highest BCUT2D eigenvalue weighted by molar-refractivity contribution is 6.30.